The molecule has 0 fully saturated rings. The fourth-order valence-corrected chi connectivity index (χ4v) is 3.68. The summed E-state index contributed by atoms with van der Waals surface area (Å²) in [6, 6.07) is 17.2. The topological polar surface area (TPSA) is 108 Å². The van der Waals surface area contributed by atoms with Crippen LogP contribution >= 0.6 is 23.5 Å². The Morgan fingerprint density at radius 1 is 1.06 bits per heavy atom. The second-order valence-corrected chi connectivity index (χ2v) is 8.30. The standard InChI is InChI=1S/C21H20N6O3S2/c1-14-8-10-16(11-9-14)29-12-17-22-24-20(31-2)27(17)26-18(28)13-32-21-25-23-19(30-21)15-6-4-3-5-7-15/h3-11H,12-13H2,1-2H3,(H,26,28). The zero-order valence-corrected chi connectivity index (χ0v) is 19.0. The number of carbonyl (C=O) groups is 1. The molecule has 2 aromatic carbocycles. The Bertz CT molecular complexity index is 1180. The third-order valence-electron chi connectivity index (χ3n) is 4.26. The maximum Gasteiger partial charge on any atom is 0.277 e. The summed E-state index contributed by atoms with van der Waals surface area (Å²) in [4.78, 5) is 12.5. The van der Waals surface area contributed by atoms with Gasteiger partial charge in [-0.15, -0.1) is 20.4 Å². The predicted octanol–water partition coefficient (Wildman–Crippen LogP) is 3.80. The Balaban J connectivity index is 1.36. The first-order valence-corrected chi connectivity index (χ1v) is 11.8. The summed E-state index contributed by atoms with van der Waals surface area (Å²) >= 11 is 2.52. The van der Waals surface area contributed by atoms with Gasteiger partial charge in [0.1, 0.15) is 12.4 Å². The number of aromatic nitrogens is 5. The highest BCUT2D eigenvalue weighted by Crippen LogP contribution is 2.23. The van der Waals surface area contributed by atoms with Crippen molar-refractivity contribution in [2.75, 3.05) is 17.4 Å². The van der Waals surface area contributed by atoms with Crippen molar-refractivity contribution >= 4 is 29.4 Å². The Kier molecular flexibility index (Phi) is 7.07. The van der Waals surface area contributed by atoms with Crippen LogP contribution in [0.1, 0.15) is 11.4 Å². The lowest BCUT2D eigenvalue weighted by Crippen LogP contribution is -2.27. The first kappa shape index (κ1) is 21.9. The van der Waals surface area contributed by atoms with Gasteiger partial charge in [-0.05, 0) is 37.4 Å². The van der Waals surface area contributed by atoms with Crippen LogP contribution in [0.3, 0.4) is 0 Å². The summed E-state index contributed by atoms with van der Waals surface area (Å²) in [5.74, 6) is 1.43. The molecule has 0 atom stereocenters. The third kappa shape index (κ3) is 5.48. The zero-order chi connectivity index (χ0) is 22.3. The molecule has 0 aliphatic carbocycles. The van der Waals surface area contributed by atoms with Gasteiger partial charge in [0.05, 0.1) is 5.75 Å². The second kappa shape index (κ2) is 10.3. The fraction of sp³-hybridized carbons (Fsp3) is 0.190. The van der Waals surface area contributed by atoms with Gasteiger partial charge >= 0.3 is 0 Å². The number of benzene rings is 2. The lowest BCUT2D eigenvalue weighted by Gasteiger charge is -2.11. The summed E-state index contributed by atoms with van der Waals surface area (Å²) in [6.45, 7) is 2.17. The van der Waals surface area contributed by atoms with Gasteiger partial charge in [0.25, 0.3) is 5.22 Å². The zero-order valence-electron chi connectivity index (χ0n) is 17.4. The highest BCUT2D eigenvalue weighted by molar-refractivity contribution is 7.99. The van der Waals surface area contributed by atoms with E-state index in [-0.39, 0.29) is 18.3 Å². The quantitative estimate of drug-likeness (QED) is 0.367. The number of amides is 1. The Hall–Kier alpha value is -3.31. The van der Waals surface area contributed by atoms with E-state index in [9.17, 15) is 4.79 Å². The van der Waals surface area contributed by atoms with E-state index in [1.54, 1.807) is 0 Å². The van der Waals surface area contributed by atoms with Crippen molar-refractivity contribution in [3.63, 3.8) is 0 Å². The molecular formula is C21H20N6O3S2. The van der Waals surface area contributed by atoms with Gasteiger partial charge in [0.2, 0.25) is 17.0 Å². The molecule has 4 rings (SSSR count). The Morgan fingerprint density at radius 3 is 2.59 bits per heavy atom. The number of carbonyl (C=O) groups excluding carboxylic acids is 1. The van der Waals surface area contributed by atoms with Crippen LogP contribution in [-0.4, -0.2) is 43.0 Å². The van der Waals surface area contributed by atoms with Crippen molar-refractivity contribution in [3.8, 4) is 17.2 Å². The number of nitrogens with zero attached hydrogens (tertiary/aromatic N) is 5. The van der Waals surface area contributed by atoms with Gasteiger partial charge in [0, 0.05) is 5.56 Å². The molecule has 32 heavy (non-hydrogen) atoms. The number of nitrogens with one attached hydrogen (secondary N) is 1. The number of hydrogen-bond donors (Lipinski definition) is 1. The molecule has 0 saturated heterocycles. The van der Waals surface area contributed by atoms with Crippen LogP contribution in [0.2, 0.25) is 0 Å². The molecule has 0 unspecified atom stereocenters. The summed E-state index contributed by atoms with van der Waals surface area (Å²) in [7, 11) is 0. The van der Waals surface area contributed by atoms with Crippen LogP contribution < -0.4 is 10.2 Å². The normalized spacial score (nSPS) is 10.8. The Labute approximate surface area is 192 Å². The number of rotatable bonds is 9. The van der Waals surface area contributed by atoms with Crippen molar-refractivity contribution in [1.82, 2.24) is 25.1 Å². The number of thioether (sulfide) groups is 2. The maximum absolute atomic E-state index is 12.5. The molecule has 0 radical (unpaired) electrons. The molecule has 2 aromatic heterocycles. The highest BCUT2D eigenvalue weighted by atomic mass is 32.2. The van der Waals surface area contributed by atoms with Crippen LogP contribution in [0, 0.1) is 6.92 Å². The van der Waals surface area contributed by atoms with E-state index < -0.39 is 0 Å². The number of hydrogen-bond acceptors (Lipinski definition) is 9. The predicted molar refractivity (Wildman–Crippen MR) is 122 cm³/mol. The monoisotopic (exact) mass is 468 g/mol. The minimum absolute atomic E-state index is 0.0840. The van der Waals surface area contributed by atoms with E-state index in [2.05, 4.69) is 25.8 Å². The molecule has 4 aromatic rings. The van der Waals surface area contributed by atoms with Crippen LogP contribution in [0.15, 0.2) is 69.4 Å². The van der Waals surface area contributed by atoms with Crippen molar-refractivity contribution in [3.05, 3.63) is 66.0 Å². The van der Waals surface area contributed by atoms with E-state index >= 15 is 0 Å². The van der Waals surface area contributed by atoms with Gasteiger partial charge in [-0.2, -0.15) is 0 Å². The molecule has 0 aliphatic rings. The molecule has 0 bridgehead atoms. The average molecular weight is 469 g/mol. The lowest BCUT2D eigenvalue weighted by molar-refractivity contribution is -0.114. The van der Waals surface area contributed by atoms with Crippen molar-refractivity contribution < 1.29 is 13.9 Å². The highest BCUT2D eigenvalue weighted by Gasteiger charge is 2.16. The molecule has 9 nitrogen and oxygen atoms in total. The maximum atomic E-state index is 12.5. The fourth-order valence-electron chi connectivity index (χ4n) is 2.67. The van der Waals surface area contributed by atoms with Crippen molar-refractivity contribution in [1.29, 1.82) is 0 Å². The summed E-state index contributed by atoms with van der Waals surface area (Å²) in [6.07, 6.45) is 1.86. The van der Waals surface area contributed by atoms with Crippen molar-refractivity contribution in [2.24, 2.45) is 0 Å². The largest absolute Gasteiger partial charge is 0.486 e. The summed E-state index contributed by atoms with van der Waals surface area (Å²) in [5.41, 5.74) is 4.77. The average Bonchev–Trinajstić information content (AvgIpc) is 3.45. The van der Waals surface area contributed by atoms with Gasteiger partial charge in [-0.1, -0.05) is 59.4 Å². The number of ether oxygens (including phenoxy) is 1. The molecule has 1 amide bonds. The van der Waals surface area contributed by atoms with Crippen molar-refractivity contribution in [2.45, 2.75) is 23.9 Å². The third-order valence-corrected chi connectivity index (χ3v) is 5.71. The molecule has 0 saturated carbocycles. The van der Waals surface area contributed by atoms with E-state index in [1.165, 1.54) is 16.4 Å². The van der Waals surface area contributed by atoms with Gasteiger partial charge in [0.15, 0.2) is 5.82 Å². The van der Waals surface area contributed by atoms with Crippen LogP contribution in [-0.2, 0) is 11.4 Å². The lowest BCUT2D eigenvalue weighted by atomic mass is 10.2. The van der Waals surface area contributed by atoms with E-state index in [0.29, 0.717) is 27.8 Å². The molecule has 1 N–H and O–H groups in total. The number of aryl methyl sites for hydroxylation is 1. The molecule has 11 heteroatoms. The smallest absolute Gasteiger partial charge is 0.277 e. The summed E-state index contributed by atoms with van der Waals surface area (Å²) in [5, 5.41) is 17.1. The second-order valence-electron chi connectivity index (χ2n) is 6.60. The van der Waals surface area contributed by atoms with Gasteiger partial charge < -0.3 is 9.15 Å². The first-order chi connectivity index (χ1) is 15.6. The van der Waals surface area contributed by atoms with E-state index in [1.807, 2.05) is 67.8 Å². The SMILES string of the molecule is CSc1nnc(COc2ccc(C)cc2)n1NC(=O)CSc1nnc(-c2ccccc2)o1. The van der Waals surface area contributed by atoms with Gasteiger partial charge in [-0.25, -0.2) is 4.68 Å². The van der Waals surface area contributed by atoms with E-state index in [4.69, 9.17) is 9.15 Å². The molecular weight excluding hydrogens is 448 g/mol. The Morgan fingerprint density at radius 2 is 1.84 bits per heavy atom. The molecule has 164 valence electrons. The van der Waals surface area contributed by atoms with Crippen LogP contribution in [0.5, 0.6) is 5.75 Å². The molecule has 0 aliphatic heterocycles. The van der Waals surface area contributed by atoms with Crippen LogP contribution in [0.25, 0.3) is 11.5 Å². The first-order valence-electron chi connectivity index (χ1n) is 9.61. The van der Waals surface area contributed by atoms with Gasteiger partial charge in [-0.3, -0.25) is 10.2 Å². The molecule has 2 heterocycles. The van der Waals surface area contributed by atoms with E-state index in [0.717, 1.165) is 22.9 Å². The minimum Gasteiger partial charge on any atom is -0.486 e. The summed E-state index contributed by atoms with van der Waals surface area (Å²) < 4.78 is 12.9. The van der Waals surface area contributed by atoms with Crippen LogP contribution in [0.4, 0.5) is 0 Å². The molecule has 0 spiro atoms. The minimum atomic E-state index is -0.263.